The van der Waals surface area contributed by atoms with Gasteiger partial charge in [-0.3, -0.25) is 14.6 Å². The number of hydrogen-bond acceptors (Lipinski definition) is 4. The molecule has 1 saturated heterocycles. The Morgan fingerprint density at radius 2 is 2.32 bits per heavy atom. The van der Waals surface area contributed by atoms with Gasteiger partial charge in [-0.05, 0) is 31.5 Å². The van der Waals surface area contributed by atoms with Crippen molar-refractivity contribution < 1.29 is 0 Å². The van der Waals surface area contributed by atoms with E-state index in [9.17, 15) is 0 Å². The van der Waals surface area contributed by atoms with Crippen molar-refractivity contribution >= 4 is 0 Å². The molecule has 0 aliphatic carbocycles. The monoisotopic (exact) mass is 257 g/mol. The minimum atomic E-state index is 0.588. The second kappa shape index (κ2) is 5.93. The van der Waals surface area contributed by atoms with Crippen LogP contribution in [0.5, 0.6) is 0 Å². The summed E-state index contributed by atoms with van der Waals surface area (Å²) < 4.78 is 1.93. The molecular weight excluding hydrogens is 238 g/mol. The molecule has 0 amide bonds. The molecule has 0 bridgehead atoms. The largest absolute Gasteiger partial charge is 0.298 e. The molecule has 19 heavy (non-hydrogen) atoms. The quantitative estimate of drug-likeness (QED) is 0.812. The fourth-order valence-corrected chi connectivity index (χ4v) is 2.74. The number of hydrogen-bond donors (Lipinski definition) is 0. The predicted molar refractivity (Wildman–Crippen MR) is 72.6 cm³/mol. The Morgan fingerprint density at radius 3 is 3.11 bits per heavy atom. The van der Waals surface area contributed by atoms with Crippen LogP contribution in [-0.4, -0.2) is 43.8 Å². The highest BCUT2D eigenvalue weighted by Crippen LogP contribution is 2.18. The second-order valence-corrected chi connectivity index (χ2v) is 5.02. The smallest absolute Gasteiger partial charge is 0.137 e. The summed E-state index contributed by atoms with van der Waals surface area (Å²) >= 11 is 0. The summed E-state index contributed by atoms with van der Waals surface area (Å²) in [6.07, 6.45) is 8.83. The second-order valence-electron chi connectivity index (χ2n) is 5.02. The topological polar surface area (TPSA) is 46.8 Å². The molecule has 3 rings (SSSR count). The lowest BCUT2D eigenvalue weighted by atomic mass is 10.2. The van der Waals surface area contributed by atoms with Gasteiger partial charge in [0.25, 0.3) is 0 Å². The van der Waals surface area contributed by atoms with E-state index in [1.54, 1.807) is 12.7 Å². The number of nitrogens with zero attached hydrogens (tertiary/aromatic N) is 5. The summed E-state index contributed by atoms with van der Waals surface area (Å²) in [6, 6.07) is 6.71. The molecule has 1 aliphatic rings. The highest BCUT2D eigenvalue weighted by atomic mass is 15.3. The summed E-state index contributed by atoms with van der Waals surface area (Å²) in [6.45, 7) is 3.21. The van der Waals surface area contributed by atoms with Gasteiger partial charge in [0.15, 0.2) is 0 Å². The van der Waals surface area contributed by atoms with Gasteiger partial charge >= 0.3 is 0 Å². The van der Waals surface area contributed by atoms with Gasteiger partial charge in [0.05, 0.1) is 6.54 Å². The van der Waals surface area contributed by atoms with Crippen LogP contribution < -0.4 is 0 Å². The first-order valence-electron chi connectivity index (χ1n) is 6.88. The van der Waals surface area contributed by atoms with Gasteiger partial charge in [0.2, 0.25) is 0 Å². The maximum Gasteiger partial charge on any atom is 0.137 e. The molecular formula is C14H19N5. The van der Waals surface area contributed by atoms with E-state index in [1.165, 1.54) is 25.1 Å². The van der Waals surface area contributed by atoms with E-state index in [4.69, 9.17) is 0 Å². The maximum absolute atomic E-state index is 4.39. The Morgan fingerprint density at radius 1 is 1.32 bits per heavy atom. The third-order valence-corrected chi connectivity index (χ3v) is 3.74. The predicted octanol–water partition coefficient (Wildman–Crippen LogP) is 1.38. The zero-order valence-corrected chi connectivity index (χ0v) is 11.0. The molecule has 1 atom stereocenters. The van der Waals surface area contributed by atoms with Crippen molar-refractivity contribution in [2.45, 2.75) is 31.8 Å². The molecule has 1 fully saturated rings. The number of likely N-dealkylation sites (tertiary alicyclic amines) is 1. The normalized spacial score (nSPS) is 19.9. The lowest BCUT2D eigenvalue weighted by Crippen LogP contribution is -2.34. The highest BCUT2D eigenvalue weighted by Gasteiger charge is 2.24. The Hall–Kier alpha value is -1.75. The van der Waals surface area contributed by atoms with Gasteiger partial charge in [0.1, 0.15) is 12.7 Å². The van der Waals surface area contributed by atoms with E-state index in [1.807, 2.05) is 16.9 Å². The van der Waals surface area contributed by atoms with Crippen LogP contribution >= 0.6 is 0 Å². The van der Waals surface area contributed by atoms with Gasteiger partial charge in [-0.1, -0.05) is 6.07 Å². The molecule has 0 spiro atoms. The molecule has 0 unspecified atom stereocenters. The lowest BCUT2D eigenvalue weighted by molar-refractivity contribution is 0.229. The van der Waals surface area contributed by atoms with Gasteiger partial charge < -0.3 is 0 Å². The minimum Gasteiger partial charge on any atom is -0.298 e. The van der Waals surface area contributed by atoms with Crippen LogP contribution in [0.4, 0.5) is 0 Å². The molecule has 2 aromatic heterocycles. The third-order valence-electron chi connectivity index (χ3n) is 3.74. The summed E-state index contributed by atoms with van der Waals surface area (Å²) in [5.74, 6) is 0. The molecule has 1 aliphatic heterocycles. The van der Waals surface area contributed by atoms with Crippen LogP contribution in [0, 0.1) is 0 Å². The molecule has 0 saturated carbocycles. The van der Waals surface area contributed by atoms with Crippen molar-refractivity contribution in [3.8, 4) is 0 Å². The molecule has 100 valence electrons. The van der Waals surface area contributed by atoms with Gasteiger partial charge in [0, 0.05) is 30.9 Å². The van der Waals surface area contributed by atoms with Crippen molar-refractivity contribution in [2.24, 2.45) is 0 Å². The summed E-state index contributed by atoms with van der Waals surface area (Å²) in [4.78, 5) is 10.9. The molecule has 2 aromatic rings. The average molecular weight is 257 g/mol. The number of aromatic nitrogens is 4. The Balaban J connectivity index is 1.55. The fourth-order valence-electron chi connectivity index (χ4n) is 2.74. The molecule has 0 aromatic carbocycles. The minimum absolute atomic E-state index is 0.588. The molecule has 5 heteroatoms. The summed E-state index contributed by atoms with van der Waals surface area (Å²) in [7, 11) is 0. The first kappa shape index (κ1) is 12.3. The Bertz CT molecular complexity index is 482. The van der Waals surface area contributed by atoms with E-state index >= 15 is 0 Å². The van der Waals surface area contributed by atoms with Crippen LogP contribution in [0.25, 0.3) is 0 Å². The Labute approximate surface area is 113 Å². The van der Waals surface area contributed by atoms with E-state index < -0.39 is 0 Å². The van der Waals surface area contributed by atoms with Gasteiger partial charge in [-0.2, -0.15) is 5.10 Å². The zero-order valence-electron chi connectivity index (χ0n) is 11.0. The molecule has 3 heterocycles. The van der Waals surface area contributed by atoms with Crippen molar-refractivity contribution in [3.63, 3.8) is 0 Å². The zero-order chi connectivity index (χ0) is 12.9. The van der Waals surface area contributed by atoms with Crippen molar-refractivity contribution in [2.75, 3.05) is 13.1 Å². The van der Waals surface area contributed by atoms with Crippen LogP contribution in [0.1, 0.15) is 18.5 Å². The third kappa shape index (κ3) is 3.17. The standard InChI is InChI=1S/C14H19N5/c1-2-7-16-13(4-1)6-9-18-8-3-5-14(18)10-19-12-15-11-17-19/h1-2,4,7,11-12,14H,3,5-6,8-10H2/t14-/m0/s1. The van der Waals surface area contributed by atoms with E-state index in [0.29, 0.717) is 6.04 Å². The van der Waals surface area contributed by atoms with Crippen LogP contribution in [0.15, 0.2) is 37.1 Å². The van der Waals surface area contributed by atoms with E-state index in [2.05, 4.69) is 32.1 Å². The number of rotatable bonds is 5. The van der Waals surface area contributed by atoms with E-state index in [-0.39, 0.29) is 0 Å². The molecule has 5 nitrogen and oxygen atoms in total. The van der Waals surface area contributed by atoms with Crippen molar-refractivity contribution in [1.29, 1.82) is 0 Å². The maximum atomic E-state index is 4.39. The van der Waals surface area contributed by atoms with Crippen molar-refractivity contribution in [1.82, 2.24) is 24.6 Å². The van der Waals surface area contributed by atoms with Gasteiger partial charge in [-0.25, -0.2) is 4.98 Å². The highest BCUT2D eigenvalue weighted by molar-refractivity contribution is 5.04. The summed E-state index contributed by atoms with van der Waals surface area (Å²) in [5.41, 5.74) is 1.17. The number of pyridine rings is 1. The summed E-state index contributed by atoms with van der Waals surface area (Å²) in [5, 5.41) is 4.20. The van der Waals surface area contributed by atoms with Gasteiger partial charge in [-0.15, -0.1) is 0 Å². The van der Waals surface area contributed by atoms with Crippen molar-refractivity contribution in [3.05, 3.63) is 42.7 Å². The first-order valence-corrected chi connectivity index (χ1v) is 6.88. The van der Waals surface area contributed by atoms with Crippen LogP contribution in [0.3, 0.4) is 0 Å². The van der Waals surface area contributed by atoms with E-state index in [0.717, 1.165) is 19.5 Å². The first-order chi connectivity index (χ1) is 9.42. The fraction of sp³-hybridized carbons (Fsp3) is 0.500. The van der Waals surface area contributed by atoms with Crippen LogP contribution in [-0.2, 0) is 13.0 Å². The molecule has 0 N–H and O–H groups in total. The van der Waals surface area contributed by atoms with Crippen LogP contribution in [0.2, 0.25) is 0 Å². The SMILES string of the molecule is c1ccc(CCN2CCC[C@H]2Cn2cncn2)nc1. The lowest BCUT2D eigenvalue weighted by Gasteiger charge is -2.24. The Kier molecular flexibility index (Phi) is 3.83. The molecule has 0 radical (unpaired) electrons. The average Bonchev–Trinajstić information content (AvgIpc) is 3.10.